The smallest absolute Gasteiger partial charge is 0.220 e. The van der Waals surface area contributed by atoms with Gasteiger partial charge in [0, 0.05) is 18.4 Å². The highest BCUT2D eigenvalue weighted by molar-refractivity contribution is 5.76. The monoisotopic (exact) mass is 367 g/mol. The third kappa shape index (κ3) is 4.82. The first kappa shape index (κ1) is 19.3. The highest BCUT2D eigenvalue weighted by Crippen LogP contribution is 2.41. The molecule has 1 saturated carbocycles. The van der Waals surface area contributed by atoms with Crippen molar-refractivity contribution >= 4 is 5.91 Å². The van der Waals surface area contributed by atoms with Crippen molar-refractivity contribution in [2.45, 2.75) is 43.9 Å². The Kier molecular flexibility index (Phi) is 6.38. The molecule has 1 aliphatic carbocycles. The fourth-order valence-corrected chi connectivity index (χ4v) is 3.97. The Morgan fingerprint density at radius 1 is 0.926 bits per heavy atom. The van der Waals surface area contributed by atoms with E-state index in [1.165, 1.54) is 18.4 Å². The first-order chi connectivity index (χ1) is 13.1. The second kappa shape index (κ2) is 8.94. The van der Waals surface area contributed by atoms with Crippen LogP contribution < -0.4 is 14.8 Å². The van der Waals surface area contributed by atoms with Crippen LogP contribution in [0.2, 0.25) is 0 Å². The van der Waals surface area contributed by atoms with Gasteiger partial charge in [-0.25, -0.2) is 0 Å². The Morgan fingerprint density at radius 3 is 2.04 bits per heavy atom. The number of carbonyl (C=O) groups is 1. The van der Waals surface area contributed by atoms with Crippen molar-refractivity contribution in [2.24, 2.45) is 0 Å². The molecule has 4 nitrogen and oxygen atoms in total. The Morgan fingerprint density at radius 2 is 1.48 bits per heavy atom. The van der Waals surface area contributed by atoms with E-state index in [1.54, 1.807) is 14.2 Å². The van der Waals surface area contributed by atoms with Gasteiger partial charge in [0.25, 0.3) is 0 Å². The molecule has 0 aliphatic heterocycles. The van der Waals surface area contributed by atoms with E-state index in [-0.39, 0.29) is 11.3 Å². The van der Waals surface area contributed by atoms with Gasteiger partial charge in [0.05, 0.1) is 14.2 Å². The number of amides is 1. The van der Waals surface area contributed by atoms with E-state index in [4.69, 9.17) is 9.47 Å². The Labute approximate surface area is 161 Å². The van der Waals surface area contributed by atoms with Crippen LogP contribution in [-0.4, -0.2) is 26.7 Å². The maximum atomic E-state index is 12.4. The van der Waals surface area contributed by atoms with Crippen molar-refractivity contribution in [2.75, 3.05) is 20.8 Å². The lowest BCUT2D eigenvalue weighted by atomic mass is 9.78. The van der Waals surface area contributed by atoms with E-state index in [1.807, 2.05) is 36.4 Å². The standard InChI is InChI=1S/C23H29NO3/c1-26-20-10-5-18(6-11-20)7-14-22(25)24-17-23(15-3-4-16-23)19-8-12-21(27-2)13-9-19/h5-6,8-13H,3-4,7,14-17H2,1-2H3,(H,24,25). The summed E-state index contributed by atoms with van der Waals surface area (Å²) in [7, 11) is 3.34. The molecular formula is C23H29NO3. The van der Waals surface area contributed by atoms with Crippen molar-refractivity contribution in [3.8, 4) is 11.5 Å². The molecule has 4 heteroatoms. The Bertz CT molecular complexity index is 731. The molecule has 0 radical (unpaired) electrons. The van der Waals surface area contributed by atoms with Crippen molar-refractivity contribution in [1.82, 2.24) is 5.32 Å². The number of aryl methyl sites for hydroxylation is 1. The summed E-state index contributed by atoms with van der Waals surface area (Å²) in [6.45, 7) is 0.709. The molecule has 1 aliphatic rings. The fourth-order valence-electron chi connectivity index (χ4n) is 3.97. The molecular weight excluding hydrogens is 338 g/mol. The lowest BCUT2D eigenvalue weighted by molar-refractivity contribution is -0.121. The average molecular weight is 367 g/mol. The van der Waals surface area contributed by atoms with Crippen LogP contribution in [0.4, 0.5) is 0 Å². The molecule has 0 bridgehead atoms. The van der Waals surface area contributed by atoms with Crippen LogP contribution in [-0.2, 0) is 16.6 Å². The van der Waals surface area contributed by atoms with Crippen molar-refractivity contribution in [1.29, 1.82) is 0 Å². The van der Waals surface area contributed by atoms with Crippen molar-refractivity contribution in [3.05, 3.63) is 59.7 Å². The van der Waals surface area contributed by atoms with Crippen molar-refractivity contribution < 1.29 is 14.3 Å². The van der Waals surface area contributed by atoms with Gasteiger partial charge in [-0.2, -0.15) is 0 Å². The summed E-state index contributed by atoms with van der Waals surface area (Å²) in [4.78, 5) is 12.4. The number of methoxy groups -OCH3 is 2. The second-order valence-corrected chi connectivity index (χ2v) is 7.34. The van der Waals surface area contributed by atoms with Gasteiger partial charge in [0.1, 0.15) is 11.5 Å². The third-order valence-corrected chi connectivity index (χ3v) is 5.69. The van der Waals surface area contributed by atoms with Gasteiger partial charge in [-0.1, -0.05) is 37.1 Å². The van der Waals surface area contributed by atoms with Crippen LogP contribution >= 0.6 is 0 Å². The van der Waals surface area contributed by atoms with Gasteiger partial charge in [0.2, 0.25) is 5.91 Å². The minimum atomic E-state index is 0.0576. The summed E-state index contributed by atoms with van der Waals surface area (Å²) in [5.74, 6) is 1.83. The zero-order valence-corrected chi connectivity index (χ0v) is 16.3. The third-order valence-electron chi connectivity index (χ3n) is 5.69. The minimum Gasteiger partial charge on any atom is -0.497 e. The van der Waals surface area contributed by atoms with E-state index in [0.29, 0.717) is 13.0 Å². The molecule has 0 heterocycles. The number of carbonyl (C=O) groups excluding carboxylic acids is 1. The molecule has 3 rings (SSSR count). The molecule has 27 heavy (non-hydrogen) atoms. The molecule has 0 saturated heterocycles. The van der Waals surface area contributed by atoms with Gasteiger partial charge >= 0.3 is 0 Å². The van der Waals surface area contributed by atoms with Gasteiger partial charge < -0.3 is 14.8 Å². The molecule has 1 fully saturated rings. The van der Waals surface area contributed by atoms with Crippen LogP contribution in [0.1, 0.15) is 43.2 Å². The second-order valence-electron chi connectivity index (χ2n) is 7.34. The SMILES string of the molecule is COc1ccc(CCC(=O)NCC2(c3ccc(OC)cc3)CCCC2)cc1. The molecule has 1 N–H and O–H groups in total. The molecule has 0 spiro atoms. The van der Waals surface area contributed by atoms with Gasteiger partial charge in [-0.15, -0.1) is 0 Å². The number of rotatable bonds is 8. The summed E-state index contributed by atoms with van der Waals surface area (Å²) in [6, 6.07) is 16.2. The first-order valence-electron chi connectivity index (χ1n) is 9.69. The molecule has 0 unspecified atom stereocenters. The summed E-state index contributed by atoms with van der Waals surface area (Å²) in [5, 5.41) is 3.19. The lowest BCUT2D eigenvalue weighted by Gasteiger charge is -2.30. The number of ether oxygens (including phenoxy) is 2. The van der Waals surface area contributed by atoms with Crippen molar-refractivity contribution in [3.63, 3.8) is 0 Å². The van der Waals surface area contributed by atoms with Crippen LogP contribution in [0.15, 0.2) is 48.5 Å². The fraction of sp³-hybridized carbons (Fsp3) is 0.435. The topological polar surface area (TPSA) is 47.6 Å². The van der Waals surface area contributed by atoms with Crippen LogP contribution in [0.25, 0.3) is 0 Å². The minimum absolute atomic E-state index is 0.0576. The zero-order chi connectivity index (χ0) is 19.1. The molecule has 0 aromatic heterocycles. The van der Waals surface area contributed by atoms with E-state index < -0.39 is 0 Å². The molecule has 2 aromatic rings. The quantitative estimate of drug-likeness (QED) is 0.758. The highest BCUT2D eigenvalue weighted by Gasteiger charge is 2.35. The Hall–Kier alpha value is -2.49. The summed E-state index contributed by atoms with van der Waals surface area (Å²) in [6.07, 6.45) is 5.92. The Balaban J connectivity index is 1.56. The zero-order valence-electron chi connectivity index (χ0n) is 16.3. The van der Waals surface area contributed by atoms with Gasteiger partial charge in [-0.3, -0.25) is 4.79 Å². The normalized spacial score (nSPS) is 15.3. The van der Waals surface area contributed by atoms with Gasteiger partial charge in [-0.05, 0) is 54.7 Å². The summed E-state index contributed by atoms with van der Waals surface area (Å²) < 4.78 is 10.4. The molecule has 2 aromatic carbocycles. The van der Waals surface area contributed by atoms with E-state index >= 15 is 0 Å². The maximum Gasteiger partial charge on any atom is 0.220 e. The van der Waals surface area contributed by atoms with E-state index in [0.717, 1.165) is 36.3 Å². The summed E-state index contributed by atoms with van der Waals surface area (Å²) in [5.41, 5.74) is 2.51. The number of hydrogen-bond acceptors (Lipinski definition) is 3. The van der Waals surface area contributed by atoms with Crippen LogP contribution in [0.5, 0.6) is 11.5 Å². The largest absolute Gasteiger partial charge is 0.497 e. The maximum absolute atomic E-state index is 12.4. The van der Waals surface area contributed by atoms with Crippen LogP contribution in [0.3, 0.4) is 0 Å². The molecule has 0 atom stereocenters. The van der Waals surface area contributed by atoms with Gasteiger partial charge in [0.15, 0.2) is 0 Å². The predicted molar refractivity (Wildman–Crippen MR) is 107 cm³/mol. The molecule has 1 amide bonds. The predicted octanol–water partition coefficient (Wildman–Crippen LogP) is 4.26. The first-order valence-corrected chi connectivity index (χ1v) is 9.69. The highest BCUT2D eigenvalue weighted by atomic mass is 16.5. The van der Waals surface area contributed by atoms with Crippen LogP contribution in [0, 0.1) is 0 Å². The average Bonchev–Trinajstić information content (AvgIpc) is 3.21. The number of nitrogens with one attached hydrogen (secondary N) is 1. The number of benzene rings is 2. The van der Waals surface area contributed by atoms with E-state index in [2.05, 4.69) is 17.4 Å². The summed E-state index contributed by atoms with van der Waals surface area (Å²) >= 11 is 0. The van der Waals surface area contributed by atoms with E-state index in [9.17, 15) is 4.79 Å². The number of hydrogen-bond donors (Lipinski definition) is 1. The lowest BCUT2D eigenvalue weighted by Crippen LogP contribution is -2.39. The molecule has 144 valence electrons.